The molecule has 0 unspecified atom stereocenters. The molecule has 96 valence electrons. The van der Waals surface area contributed by atoms with E-state index in [0.717, 1.165) is 0 Å². The van der Waals surface area contributed by atoms with Crippen molar-refractivity contribution in [2.45, 2.75) is 24.9 Å². The largest absolute Gasteiger partial charge is 0.394 e. The molecule has 1 fully saturated rings. The van der Waals surface area contributed by atoms with E-state index in [1.54, 1.807) is 4.57 Å². The van der Waals surface area contributed by atoms with E-state index in [1.165, 1.54) is 12.7 Å². The molecule has 0 bridgehead atoms. The van der Waals surface area contributed by atoms with Gasteiger partial charge in [0.25, 0.3) is 0 Å². The van der Waals surface area contributed by atoms with Crippen LogP contribution >= 0.6 is 0 Å². The predicted molar refractivity (Wildman–Crippen MR) is 61.4 cm³/mol. The average molecular weight is 251 g/mol. The summed E-state index contributed by atoms with van der Waals surface area (Å²) in [7, 11) is 0. The summed E-state index contributed by atoms with van der Waals surface area (Å²) in [5.41, 5.74) is 6.66. The number of rotatable bonds is 2. The van der Waals surface area contributed by atoms with Crippen molar-refractivity contribution in [3.8, 4) is 0 Å². The standard InChI is InChI=1S/C10H13N5O3/c11-8-7-9(13-3-12-8)15(4-14-7)10-6(17)1-5(2-16)18-10/h3-6,10,16-17H,1-2H2,(H2,11,12,13)/t5-,6-,10-/m0/s1. The molecule has 18 heavy (non-hydrogen) atoms. The summed E-state index contributed by atoms with van der Waals surface area (Å²) in [6.45, 7) is -0.128. The molecule has 2 aromatic rings. The number of ether oxygens (including phenoxy) is 1. The molecule has 1 aliphatic rings. The molecule has 0 aromatic carbocycles. The van der Waals surface area contributed by atoms with Crippen molar-refractivity contribution in [3.63, 3.8) is 0 Å². The number of imidazole rings is 1. The Kier molecular flexibility index (Phi) is 2.62. The van der Waals surface area contributed by atoms with Crippen LogP contribution < -0.4 is 5.73 Å². The molecule has 0 spiro atoms. The molecule has 8 nitrogen and oxygen atoms in total. The third kappa shape index (κ3) is 1.62. The van der Waals surface area contributed by atoms with E-state index in [9.17, 15) is 5.11 Å². The van der Waals surface area contributed by atoms with Gasteiger partial charge in [-0.1, -0.05) is 0 Å². The Hall–Kier alpha value is -1.77. The maximum Gasteiger partial charge on any atom is 0.167 e. The van der Waals surface area contributed by atoms with Gasteiger partial charge in [0.2, 0.25) is 0 Å². The highest BCUT2D eigenvalue weighted by Gasteiger charge is 2.35. The van der Waals surface area contributed by atoms with Gasteiger partial charge in [-0.05, 0) is 0 Å². The minimum Gasteiger partial charge on any atom is -0.394 e. The maximum absolute atomic E-state index is 9.93. The second-order valence-electron chi connectivity index (χ2n) is 4.22. The first-order chi connectivity index (χ1) is 8.70. The number of hydrogen-bond acceptors (Lipinski definition) is 7. The second kappa shape index (κ2) is 4.16. The number of aliphatic hydroxyl groups excluding tert-OH is 2. The molecule has 0 aliphatic carbocycles. The van der Waals surface area contributed by atoms with Gasteiger partial charge in [-0.2, -0.15) is 0 Å². The Morgan fingerprint density at radius 1 is 1.44 bits per heavy atom. The molecule has 2 aromatic heterocycles. The Morgan fingerprint density at radius 2 is 2.28 bits per heavy atom. The van der Waals surface area contributed by atoms with Crippen molar-refractivity contribution < 1.29 is 14.9 Å². The fourth-order valence-corrected chi connectivity index (χ4v) is 2.15. The fourth-order valence-electron chi connectivity index (χ4n) is 2.15. The molecule has 0 saturated carbocycles. The molecule has 0 amide bonds. The van der Waals surface area contributed by atoms with Crippen LogP contribution in [0, 0.1) is 0 Å². The highest BCUT2D eigenvalue weighted by atomic mass is 16.5. The highest BCUT2D eigenvalue weighted by Crippen LogP contribution is 2.31. The van der Waals surface area contributed by atoms with Crippen LogP contribution in [-0.4, -0.2) is 48.5 Å². The van der Waals surface area contributed by atoms with Gasteiger partial charge in [0.15, 0.2) is 17.7 Å². The van der Waals surface area contributed by atoms with Gasteiger partial charge < -0.3 is 20.7 Å². The first-order valence-electron chi connectivity index (χ1n) is 5.58. The fraction of sp³-hybridized carbons (Fsp3) is 0.500. The van der Waals surface area contributed by atoms with Crippen LogP contribution in [0.2, 0.25) is 0 Å². The molecular weight excluding hydrogens is 238 g/mol. The zero-order chi connectivity index (χ0) is 12.7. The predicted octanol–water partition coefficient (Wildman–Crippen LogP) is -0.951. The van der Waals surface area contributed by atoms with Gasteiger partial charge in [-0.25, -0.2) is 15.0 Å². The first-order valence-corrected chi connectivity index (χ1v) is 5.58. The van der Waals surface area contributed by atoms with E-state index in [4.69, 9.17) is 15.6 Å². The van der Waals surface area contributed by atoms with Gasteiger partial charge in [0.05, 0.1) is 19.0 Å². The van der Waals surface area contributed by atoms with Crippen LogP contribution in [0.15, 0.2) is 12.7 Å². The number of nitrogens with two attached hydrogens (primary N) is 1. The maximum atomic E-state index is 9.93. The molecule has 4 N–H and O–H groups in total. The van der Waals surface area contributed by atoms with E-state index in [2.05, 4.69) is 15.0 Å². The Labute approximate surface area is 102 Å². The molecule has 3 rings (SSSR count). The summed E-state index contributed by atoms with van der Waals surface area (Å²) in [5, 5.41) is 19.0. The molecule has 3 atom stereocenters. The smallest absolute Gasteiger partial charge is 0.167 e. The minimum atomic E-state index is -0.712. The van der Waals surface area contributed by atoms with Crippen molar-refractivity contribution in [3.05, 3.63) is 12.7 Å². The normalized spacial score (nSPS) is 28.0. The Bertz CT molecular complexity index is 572. The molecule has 3 heterocycles. The summed E-state index contributed by atoms with van der Waals surface area (Å²) in [6.07, 6.45) is 1.52. The van der Waals surface area contributed by atoms with Crippen molar-refractivity contribution in [2.75, 3.05) is 12.3 Å². The highest BCUT2D eigenvalue weighted by molar-refractivity contribution is 5.81. The second-order valence-corrected chi connectivity index (χ2v) is 4.22. The van der Waals surface area contributed by atoms with E-state index in [-0.39, 0.29) is 18.5 Å². The SMILES string of the molecule is Nc1ncnc2c1ncn2[C@H]1O[C@H](CO)C[C@@H]1O. The third-order valence-electron chi connectivity index (χ3n) is 3.03. The minimum absolute atomic E-state index is 0.128. The molecule has 0 radical (unpaired) electrons. The van der Waals surface area contributed by atoms with Crippen LogP contribution in [-0.2, 0) is 4.74 Å². The summed E-state index contributed by atoms with van der Waals surface area (Å²) in [4.78, 5) is 12.0. The van der Waals surface area contributed by atoms with Gasteiger partial charge in [-0.3, -0.25) is 4.57 Å². The summed E-state index contributed by atoms with van der Waals surface area (Å²) in [6, 6.07) is 0. The topological polar surface area (TPSA) is 119 Å². The van der Waals surface area contributed by atoms with Crippen molar-refractivity contribution >= 4 is 17.0 Å². The number of fused-ring (bicyclic) bond motifs is 1. The van der Waals surface area contributed by atoms with Crippen LogP contribution in [0.3, 0.4) is 0 Å². The lowest BCUT2D eigenvalue weighted by Crippen LogP contribution is -2.19. The van der Waals surface area contributed by atoms with E-state index in [0.29, 0.717) is 17.6 Å². The van der Waals surface area contributed by atoms with Crippen molar-refractivity contribution in [1.82, 2.24) is 19.5 Å². The lowest BCUT2D eigenvalue weighted by molar-refractivity contribution is -0.0486. The number of hydrogen-bond donors (Lipinski definition) is 3. The van der Waals surface area contributed by atoms with Gasteiger partial charge >= 0.3 is 0 Å². The average Bonchev–Trinajstić information content (AvgIpc) is 2.93. The van der Waals surface area contributed by atoms with Crippen LogP contribution in [0.5, 0.6) is 0 Å². The number of aromatic nitrogens is 4. The first kappa shape index (κ1) is 11.3. The molecule has 1 saturated heterocycles. The molecule has 8 heteroatoms. The Morgan fingerprint density at radius 3 is 3.00 bits per heavy atom. The van der Waals surface area contributed by atoms with Crippen LogP contribution in [0.4, 0.5) is 5.82 Å². The van der Waals surface area contributed by atoms with Crippen LogP contribution in [0.1, 0.15) is 12.6 Å². The monoisotopic (exact) mass is 251 g/mol. The number of aliphatic hydroxyl groups is 2. The molecule has 1 aliphatic heterocycles. The zero-order valence-electron chi connectivity index (χ0n) is 9.47. The third-order valence-corrected chi connectivity index (χ3v) is 3.03. The van der Waals surface area contributed by atoms with Gasteiger partial charge in [-0.15, -0.1) is 0 Å². The van der Waals surface area contributed by atoms with Gasteiger partial charge in [0.1, 0.15) is 17.9 Å². The lowest BCUT2D eigenvalue weighted by atomic mass is 10.2. The molecular formula is C10H13N5O3. The van der Waals surface area contributed by atoms with Crippen molar-refractivity contribution in [1.29, 1.82) is 0 Å². The zero-order valence-corrected chi connectivity index (χ0v) is 9.47. The number of nitrogens with zero attached hydrogens (tertiary/aromatic N) is 4. The summed E-state index contributed by atoms with van der Waals surface area (Å²) >= 11 is 0. The quantitative estimate of drug-likeness (QED) is 0.629. The number of nitrogen functional groups attached to an aromatic ring is 1. The summed E-state index contributed by atoms with van der Waals surface area (Å²) in [5.74, 6) is 0.282. The Balaban J connectivity index is 2.02. The summed E-state index contributed by atoms with van der Waals surface area (Å²) < 4.78 is 7.14. The number of anilines is 1. The van der Waals surface area contributed by atoms with E-state index < -0.39 is 12.3 Å². The van der Waals surface area contributed by atoms with E-state index >= 15 is 0 Å². The van der Waals surface area contributed by atoms with E-state index in [1.807, 2.05) is 0 Å². The van der Waals surface area contributed by atoms with Gasteiger partial charge in [0, 0.05) is 6.42 Å². The van der Waals surface area contributed by atoms with Crippen LogP contribution in [0.25, 0.3) is 11.2 Å². The lowest BCUT2D eigenvalue weighted by Gasteiger charge is -2.16. The van der Waals surface area contributed by atoms with Crippen molar-refractivity contribution in [2.24, 2.45) is 0 Å².